The summed E-state index contributed by atoms with van der Waals surface area (Å²) >= 11 is 0.881. The van der Waals surface area contributed by atoms with Crippen LogP contribution in [-0.4, -0.2) is 23.5 Å². The summed E-state index contributed by atoms with van der Waals surface area (Å²) in [6, 6.07) is 1.32. The quantitative estimate of drug-likeness (QED) is 0.745. The summed E-state index contributed by atoms with van der Waals surface area (Å²) < 4.78 is 34.1. The maximum Gasteiger partial charge on any atom is 0.247 e. The van der Waals surface area contributed by atoms with Crippen LogP contribution in [0.5, 0.6) is 0 Å². The molecule has 0 bridgehead atoms. The van der Waals surface area contributed by atoms with Crippen LogP contribution < -0.4 is 5.14 Å². The first kappa shape index (κ1) is 11.2. The minimum absolute atomic E-state index is 0.0400. The fraction of sp³-hybridized carbons (Fsp3) is 0.429. The Morgan fingerprint density at radius 2 is 2.27 bits per heavy atom. The number of thiophene rings is 1. The van der Waals surface area contributed by atoms with Crippen LogP contribution in [-0.2, 0) is 20.8 Å². The molecule has 5 nitrogen and oxygen atoms in total. The molecule has 84 valence electrons. The number of aliphatic hydroxyl groups excluding tert-OH is 1. The summed E-state index contributed by atoms with van der Waals surface area (Å²) in [5.41, 5.74) is 0.439. The van der Waals surface area contributed by atoms with Crippen molar-refractivity contribution < 1.29 is 17.7 Å². The predicted molar refractivity (Wildman–Crippen MR) is 56.5 cm³/mol. The second kappa shape index (κ2) is 3.63. The Labute approximate surface area is 93.4 Å². The summed E-state index contributed by atoms with van der Waals surface area (Å²) in [7, 11) is -4.98. The van der Waals surface area contributed by atoms with Crippen LogP contribution in [0, 0.1) is 0 Å². The predicted octanol–water partition coefficient (Wildman–Crippen LogP) is -0.0598. The minimum Gasteiger partial charge on any atom is -0.388 e. The van der Waals surface area contributed by atoms with Crippen LogP contribution in [0.2, 0.25) is 0 Å². The van der Waals surface area contributed by atoms with Gasteiger partial charge >= 0.3 is 0 Å². The number of primary sulfonamides is 1. The van der Waals surface area contributed by atoms with E-state index < -0.39 is 26.9 Å². The molecule has 0 radical (unpaired) electrons. The lowest BCUT2D eigenvalue weighted by atomic mass is 10.1. The van der Waals surface area contributed by atoms with Gasteiger partial charge in [-0.2, -0.15) is 0 Å². The van der Waals surface area contributed by atoms with Gasteiger partial charge in [0, 0.05) is 11.3 Å². The largest absolute Gasteiger partial charge is 0.388 e. The van der Waals surface area contributed by atoms with E-state index in [2.05, 4.69) is 0 Å². The molecular weight excluding hydrogens is 258 g/mol. The number of hydrogen-bond acceptors (Lipinski definition) is 5. The summed E-state index contributed by atoms with van der Waals surface area (Å²) in [5.74, 6) is 0.360. The molecule has 0 saturated heterocycles. The Kier molecular flexibility index (Phi) is 2.72. The second-order valence-electron chi connectivity index (χ2n) is 3.21. The topological polar surface area (TPSA) is 97.5 Å². The van der Waals surface area contributed by atoms with Gasteiger partial charge in [-0.25, -0.2) is 13.6 Å². The first-order chi connectivity index (χ1) is 6.89. The van der Waals surface area contributed by atoms with Crippen molar-refractivity contribution in [3.63, 3.8) is 0 Å². The lowest BCUT2D eigenvalue weighted by Crippen LogP contribution is -2.12. The first-order valence-corrected chi connectivity index (χ1v) is 7.81. The molecule has 0 aliphatic carbocycles. The molecule has 0 fully saturated rings. The average Bonchev–Trinajstić information content (AvgIpc) is 2.56. The van der Waals surface area contributed by atoms with Crippen LogP contribution in [0.4, 0.5) is 0 Å². The Morgan fingerprint density at radius 1 is 1.60 bits per heavy atom. The van der Waals surface area contributed by atoms with Crippen LogP contribution in [0.1, 0.15) is 18.1 Å². The standard InChI is InChI=1S/C7H9NO4S3/c8-15(11,12)6-3-4-5(9)1-2-14(10)7(4)13-6/h3,5,9H,1-2H2,(H2,8,11,12)/t5-,14+/m1/s1. The van der Waals surface area contributed by atoms with Gasteiger partial charge in [0.2, 0.25) is 10.0 Å². The number of rotatable bonds is 1. The van der Waals surface area contributed by atoms with Gasteiger partial charge in [-0.3, -0.25) is 4.21 Å². The highest BCUT2D eigenvalue weighted by molar-refractivity contribution is 7.92. The van der Waals surface area contributed by atoms with Crippen molar-refractivity contribution in [2.75, 3.05) is 5.75 Å². The fourth-order valence-corrected chi connectivity index (χ4v) is 5.20. The van der Waals surface area contributed by atoms with E-state index >= 15 is 0 Å². The summed E-state index contributed by atoms with van der Waals surface area (Å²) in [4.78, 5) is 0. The molecular formula is C7H9NO4S3. The minimum atomic E-state index is -3.77. The molecule has 15 heavy (non-hydrogen) atoms. The molecule has 0 aromatic carbocycles. The maximum atomic E-state index is 11.5. The zero-order chi connectivity index (χ0) is 11.2. The Bertz CT molecular complexity index is 518. The van der Waals surface area contributed by atoms with Crippen molar-refractivity contribution in [1.29, 1.82) is 0 Å². The van der Waals surface area contributed by atoms with E-state index in [4.69, 9.17) is 5.14 Å². The van der Waals surface area contributed by atoms with Gasteiger partial charge in [-0.1, -0.05) is 0 Å². The van der Waals surface area contributed by atoms with Gasteiger partial charge in [-0.15, -0.1) is 11.3 Å². The van der Waals surface area contributed by atoms with Crippen molar-refractivity contribution in [3.8, 4) is 0 Å². The van der Waals surface area contributed by atoms with E-state index in [0.29, 0.717) is 21.9 Å². The highest BCUT2D eigenvalue weighted by atomic mass is 32.3. The van der Waals surface area contributed by atoms with Crippen molar-refractivity contribution in [2.24, 2.45) is 5.14 Å². The van der Waals surface area contributed by atoms with Crippen molar-refractivity contribution >= 4 is 32.2 Å². The molecule has 2 rings (SSSR count). The normalized spacial score (nSPS) is 26.3. The summed E-state index contributed by atoms with van der Waals surface area (Å²) in [5, 5.41) is 14.6. The molecule has 0 unspecified atom stereocenters. The van der Waals surface area contributed by atoms with E-state index in [-0.39, 0.29) is 4.21 Å². The fourth-order valence-electron chi connectivity index (χ4n) is 1.38. The van der Waals surface area contributed by atoms with E-state index in [1.165, 1.54) is 6.07 Å². The number of sulfonamides is 1. The van der Waals surface area contributed by atoms with Gasteiger partial charge in [0.15, 0.2) is 0 Å². The molecule has 3 N–H and O–H groups in total. The summed E-state index contributed by atoms with van der Waals surface area (Å²) in [6.07, 6.45) is -0.343. The SMILES string of the molecule is NS(=O)(=O)c1cc2c(s1)[S@@](=O)CC[C@H]2O. The van der Waals surface area contributed by atoms with Crippen LogP contribution in [0.15, 0.2) is 14.5 Å². The smallest absolute Gasteiger partial charge is 0.247 e. The number of nitrogens with two attached hydrogens (primary N) is 1. The van der Waals surface area contributed by atoms with E-state index in [0.717, 1.165) is 11.3 Å². The van der Waals surface area contributed by atoms with E-state index in [1.54, 1.807) is 0 Å². The van der Waals surface area contributed by atoms with E-state index in [9.17, 15) is 17.7 Å². The Hall–Kier alpha value is -0.280. The van der Waals surface area contributed by atoms with Gasteiger partial charge in [-0.05, 0) is 12.5 Å². The van der Waals surface area contributed by atoms with Crippen LogP contribution >= 0.6 is 11.3 Å². The van der Waals surface area contributed by atoms with Crippen molar-refractivity contribution in [1.82, 2.24) is 0 Å². The zero-order valence-corrected chi connectivity index (χ0v) is 9.99. The molecule has 0 spiro atoms. The monoisotopic (exact) mass is 267 g/mol. The molecule has 1 aromatic heterocycles. The highest BCUT2D eigenvalue weighted by Gasteiger charge is 2.28. The van der Waals surface area contributed by atoms with E-state index in [1.807, 2.05) is 0 Å². The lowest BCUT2D eigenvalue weighted by molar-refractivity contribution is 0.170. The van der Waals surface area contributed by atoms with Gasteiger partial charge in [0.05, 0.1) is 21.1 Å². The zero-order valence-electron chi connectivity index (χ0n) is 7.54. The third-order valence-corrected chi connectivity index (χ3v) is 6.55. The van der Waals surface area contributed by atoms with Gasteiger partial charge in [0.1, 0.15) is 4.21 Å². The third-order valence-electron chi connectivity index (χ3n) is 2.13. The molecule has 1 aliphatic rings. The number of hydrogen-bond donors (Lipinski definition) is 2. The Morgan fingerprint density at radius 3 is 2.80 bits per heavy atom. The Balaban J connectivity index is 2.60. The third kappa shape index (κ3) is 2.00. The number of fused-ring (bicyclic) bond motifs is 1. The maximum absolute atomic E-state index is 11.5. The molecule has 2 heterocycles. The van der Waals surface area contributed by atoms with Crippen LogP contribution in [0.3, 0.4) is 0 Å². The first-order valence-electron chi connectivity index (χ1n) is 4.12. The average molecular weight is 267 g/mol. The number of aliphatic hydroxyl groups is 1. The molecule has 1 aromatic rings. The summed E-state index contributed by atoms with van der Waals surface area (Å²) in [6.45, 7) is 0. The molecule has 0 amide bonds. The second-order valence-corrected chi connectivity index (χ2v) is 7.81. The highest BCUT2D eigenvalue weighted by Crippen LogP contribution is 2.37. The molecule has 0 saturated carbocycles. The molecule has 2 atom stereocenters. The van der Waals surface area contributed by atoms with Crippen molar-refractivity contribution in [2.45, 2.75) is 20.9 Å². The molecule has 1 aliphatic heterocycles. The molecule has 8 heteroatoms. The van der Waals surface area contributed by atoms with Gasteiger partial charge < -0.3 is 5.11 Å². The van der Waals surface area contributed by atoms with Crippen LogP contribution in [0.25, 0.3) is 0 Å². The lowest BCUT2D eigenvalue weighted by Gasteiger charge is -2.15. The van der Waals surface area contributed by atoms with Gasteiger partial charge in [0.25, 0.3) is 0 Å². The van der Waals surface area contributed by atoms with Crippen molar-refractivity contribution in [3.05, 3.63) is 11.6 Å².